The quantitative estimate of drug-likeness (QED) is 0.177. The van der Waals surface area contributed by atoms with Gasteiger partial charge in [0.25, 0.3) is 5.91 Å². The third-order valence-electron chi connectivity index (χ3n) is 13.8. The Kier molecular flexibility index (Phi) is 8.36. The van der Waals surface area contributed by atoms with E-state index in [2.05, 4.69) is 35.0 Å². The highest BCUT2D eigenvalue weighted by molar-refractivity contribution is 6.50. The molecule has 3 aromatic carbocycles. The average molecular weight is 694 g/mol. The maximum atomic E-state index is 14.4. The second-order valence-electron chi connectivity index (χ2n) is 16.2. The fourth-order valence-electron chi connectivity index (χ4n) is 10.9. The Balaban J connectivity index is 1.07. The van der Waals surface area contributed by atoms with Crippen molar-refractivity contribution in [1.82, 2.24) is 5.43 Å². The smallest absolute Gasteiger partial charge is 0.329 e. The Bertz CT molecular complexity index is 1840. The number of aliphatic hydroxyl groups excluding tert-OH is 1. The van der Waals surface area contributed by atoms with E-state index in [4.69, 9.17) is 0 Å². The molecule has 3 aromatic rings. The zero-order valence-electron chi connectivity index (χ0n) is 29.3. The molecular formula is C41H48FN5O4. The van der Waals surface area contributed by atoms with Crippen LogP contribution in [-0.2, 0) is 9.59 Å². The molecule has 5 N–H and O–H groups in total. The number of hydrogen-bond donors (Lipinski definition) is 5. The molecule has 4 fully saturated rings. The average Bonchev–Trinajstić information content (AvgIpc) is 3.44. The van der Waals surface area contributed by atoms with Gasteiger partial charge in [0.1, 0.15) is 11.4 Å². The van der Waals surface area contributed by atoms with Crippen LogP contribution in [0.25, 0.3) is 0 Å². The molecule has 0 saturated heterocycles. The topological polar surface area (TPSA) is 126 Å². The van der Waals surface area contributed by atoms with Crippen molar-refractivity contribution in [3.05, 3.63) is 90.2 Å². The third kappa shape index (κ3) is 5.57. The lowest BCUT2D eigenvalue weighted by Gasteiger charge is -2.62. The van der Waals surface area contributed by atoms with Crippen LogP contribution in [0.1, 0.15) is 77.2 Å². The van der Waals surface area contributed by atoms with Gasteiger partial charge in [-0.2, -0.15) is 5.10 Å². The first-order valence-electron chi connectivity index (χ1n) is 18.6. The molecule has 0 radical (unpaired) electrons. The molecule has 51 heavy (non-hydrogen) atoms. The first-order chi connectivity index (χ1) is 24.5. The third-order valence-corrected chi connectivity index (χ3v) is 13.8. The summed E-state index contributed by atoms with van der Waals surface area (Å²) in [6, 6.07) is 22.5. The number of para-hydroxylation sites is 2. The first-order valence-corrected chi connectivity index (χ1v) is 18.6. The standard InChI is InChI=1S/C41H48FN5O4/c1-39-22-23-41(37(50)51,24-25(39)12-17-29-31-18-19-34(48)40(31,2)21-20-32(29)39)44-33-11-7-6-10-30(33)35-36(49)47(28-8-4-3-5-9-28)38(46-45-35)43-27-15-13-26(42)14-16-27/h3-11,13-16,25,29,31-32,34,38,43-44,46,48H,12,17-24H2,1-2H3,(H,50,51)/t25-,29-,31-,32-,34-,38?,39-,40-,41+/m0/s1. The SMILES string of the molecule is C[C@]12CC[C@](Nc3ccccc3C3=NNC(Nc4ccc(F)cc4)N(c4ccccc4)C3=O)(C(=O)O)C[C@@H]1CC[C@@H]1[C@@H]2CC[C@]2(C)[C@@H](O)CC[C@@H]12. The number of halogens is 1. The lowest BCUT2D eigenvalue weighted by Crippen LogP contribution is -2.60. The monoisotopic (exact) mass is 693 g/mol. The van der Waals surface area contributed by atoms with Gasteiger partial charge in [-0.25, -0.2) is 9.18 Å². The first kappa shape index (κ1) is 33.7. The maximum absolute atomic E-state index is 14.4. The van der Waals surface area contributed by atoms with Gasteiger partial charge >= 0.3 is 5.97 Å². The number of hydrazone groups is 1. The molecule has 4 aliphatic carbocycles. The van der Waals surface area contributed by atoms with Crippen LogP contribution < -0.4 is 21.0 Å². The number of hydrogen-bond acceptors (Lipinski definition) is 7. The largest absolute Gasteiger partial charge is 0.480 e. The van der Waals surface area contributed by atoms with Gasteiger partial charge in [0.05, 0.1) is 6.10 Å². The van der Waals surface area contributed by atoms with Crippen LogP contribution in [0.2, 0.25) is 0 Å². The molecule has 0 spiro atoms. The van der Waals surface area contributed by atoms with Crippen molar-refractivity contribution in [2.45, 2.75) is 89.6 Å². The molecule has 4 saturated carbocycles. The van der Waals surface area contributed by atoms with Crippen molar-refractivity contribution < 1.29 is 24.2 Å². The minimum atomic E-state index is -1.20. The van der Waals surface area contributed by atoms with E-state index in [9.17, 15) is 24.2 Å². The molecule has 0 bridgehead atoms. The molecule has 1 heterocycles. The fraction of sp³-hybridized carbons (Fsp3) is 0.488. The summed E-state index contributed by atoms with van der Waals surface area (Å²) < 4.78 is 13.6. The van der Waals surface area contributed by atoms with Gasteiger partial charge in [0.15, 0.2) is 12.0 Å². The molecule has 9 nitrogen and oxygen atoms in total. The van der Waals surface area contributed by atoms with Crippen molar-refractivity contribution in [2.24, 2.45) is 39.6 Å². The fourth-order valence-corrected chi connectivity index (χ4v) is 10.9. The number of nitrogens with zero attached hydrogens (tertiary/aromatic N) is 2. The number of anilines is 3. The van der Waals surface area contributed by atoms with Gasteiger partial charge in [0.2, 0.25) is 0 Å². The molecule has 1 amide bonds. The Labute approximate surface area is 298 Å². The number of aliphatic carboxylic acids is 1. The molecular weight excluding hydrogens is 645 g/mol. The number of carbonyl (C=O) groups is 2. The van der Waals surface area contributed by atoms with Gasteiger partial charge in [-0.3, -0.25) is 15.1 Å². The lowest BCUT2D eigenvalue weighted by atomic mass is 9.44. The van der Waals surface area contributed by atoms with Crippen LogP contribution in [0.4, 0.5) is 21.5 Å². The number of carboxylic acid groups (broad SMARTS) is 1. The number of nitrogens with one attached hydrogen (secondary N) is 3. The highest BCUT2D eigenvalue weighted by Gasteiger charge is 2.62. The van der Waals surface area contributed by atoms with Crippen LogP contribution in [0.15, 0.2) is 84.0 Å². The van der Waals surface area contributed by atoms with E-state index in [0.29, 0.717) is 53.2 Å². The van der Waals surface area contributed by atoms with Gasteiger partial charge in [-0.05, 0) is 135 Å². The highest BCUT2D eigenvalue weighted by atomic mass is 19.1. The van der Waals surface area contributed by atoms with E-state index in [0.717, 1.165) is 44.9 Å². The van der Waals surface area contributed by atoms with E-state index >= 15 is 0 Å². The van der Waals surface area contributed by atoms with Crippen LogP contribution in [-0.4, -0.2) is 45.7 Å². The highest BCUT2D eigenvalue weighted by Crippen LogP contribution is 2.67. The number of carboxylic acids is 1. The summed E-state index contributed by atoms with van der Waals surface area (Å²) in [6.45, 7) is 4.72. The number of fused-ring (bicyclic) bond motifs is 5. The number of amides is 1. The molecule has 10 heteroatoms. The summed E-state index contributed by atoms with van der Waals surface area (Å²) in [4.78, 5) is 29.3. The van der Waals surface area contributed by atoms with Crippen LogP contribution in [0, 0.1) is 40.3 Å². The van der Waals surface area contributed by atoms with Gasteiger partial charge in [-0.15, -0.1) is 0 Å². The Morgan fingerprint density at radius 3 is 2.37 bits per heavy atom. The summed E-state index contributed by atoms with van der Waals surface area (Å²) in [5.41, 5.74) is 4.41. The van der Waals surface area contributed by atoms with Gasteiger partial charge in [-0.1, -0.05) is 50.2 Å². The van der Waals surface area contributed by atoms with Crippen molar-refractivity contribution in [2.75, 3.05) is 15.5 Å². The second kappa shape index (κ2) is 12.7. The summed E-state index contributed by atoms with van der Waals surface area (Å²) in [6.07, 6.45) is 7.04. The second-order valence-corrected chi connectivity index (χ2v) is 16.2. The zero-order valence-corrected chi connectivity index (χ0v) is 29.3. The number of carbonyl (C=O) groups excluding carboxylic acids is 1. The number of benzene rings is 3. The Hall–Kier alpha value is -4.44. The molecule has 8 rings (SSSR count). The summed E-state index contributed by atoms with van der Waals surface area (Å²) in [5, 5.41) is 33.1. The van der Waals surface area contributed by atoms with Crippen molar-refractivity contribution in [3.63, 3.8) is 0 Å². The summed E-state index contributed by atoms with van der Waals surface area (Å²) in [7, 11) is 0. The lowest BCUT2D eigenvalue weighted by molar-refractivity contribution is -0.154. The maximum Gasteiger partial charge on any atom is 0.329 e. The van der Waals surface area contributed by atoms with Crippen LogP contribution >= 0.6 is 0 Å². The molecule has 268 valence electrons. The summed E-state index contributed by atoms with van der Waals surface area (Å²) in [5.74, 6) is 0.322. The van der Waals surface area contributed by atoms with Gasteiger partial charge in [0, 0.05) is 22.6 Å². The van der Waals surface area contributed by atoms with Crippen molar-refractivity contribution >= 4 is 34.7 Å². The predicted octanol–water partition coefficient (Wildman–Crippen LogP) is 7.20. The molecule has 9 atom stereocenters. The number of aliphatic hydroxyl groups is 1. The van der Waals surface area contributed by atoms with E-state index in [-0.39, 0.29) is 40.3 Å². The minimum absolute atomic E-state index is 0.0103. The van der Waals surface area contributed by atoms with Crippen molar-refractivity contribution in [3.8, 4) is 0 Å². The molecule has 1 aliphatic heterocycles. The van der Waals surface area contributed by atoms with E-state index in [1.54, 1.807) is 23.1 Å². The van der Waals surface area contributed by atoms with Crippen LogP contribution in [0.5, 0.6) is 0 Å². The van der Waals surface area contributed by atoms with E-state index < -0.39 is 17.8 Å². The predicted molar refractivity (Wildman–Crippen MR) is 196 cm³/mol. The molecule has 0 aromatic heterocycles. The van der Waals surface area contributed by atoms with E-state index in [1.807, 2.05) is 48.5 Å². The number of rotatable bonds is 7. The van der Waals surface area contributed by atoms with Gasteiger partial charge < -0.3 is 20.8 Å². The van der Waals surface area contributed by atoms with Crippen LogP contribution in [0.3, 0.4) is 0 Å². The Morgan fingerprint density at radius 1 is 0.882 bits per heavy atom. The Morgan fingerprint density at radius 2 is 1.61 bits per heavy atom. The normalized spacial score (nSPS) is 35.8. The van der Waals surface area contributed by atoms with Crippen molar-refractivity contribution in [1.29, 1.82) is 0 Å². The van der Waals surface area contributed by atoms with E-state index in [1.165, 1.54) is 12.1 Å². The molecule has 1 unspecified atom stereocenters. The molecule has 5 aliphatic rings. The zero-order chi connectivity index (χ0) is 35.5. The summed E-state index contributed by atoms with van der Waals surface area (Å²) >= 11 is 0. The minimum Gasteiger partial charge on any atom is -0.480 e.